The number of amides is 1. The van der Waals surface area contributed by atoms with Gasteiger partial charge >= 0.3 is 0 Å². The Morgan fingerprint density at radius 3 is 2.67 bits per heavy atom. The molecule has 0 spiro atoms. The number of aliphatic hydroxyl groups is 3. The van der Waals surface area contributed by atoms with Crippen molar-refractivity contribution in [1.82, 2.24) is 4.90 Å². The van der Waals surface area contributed by atoms with Crippen LogP contribution in [0.5, 0.6) is 0 Å². The maximum absolute atomic E-state index is 11.6. The molecule has 2 aliphatic heterocycles. The Labute approximate surface area is 106 Å². The Morgan fingerprint density at radius 2 is 2.06 bits per heavy atom. The summed E-state index contributed by atoms with van der Waals surface area (Å²) in [6.45, 7) is 1.70. The van der Waals surface area contributed by atoms with Crippen LogP contribution in [0, 0.1) is 0 Å². The lowest BCUT2D eigenvalue weighted by Crippen LogP contribution is -2.64. The van der Waals surface area contributed by atoms with E-state index in [4.69, 9.17) is 9.84 Å². The van der Waals surface area contributed by atoms with Crippen LogP contribution in [0.2, 0.25) is 0 Å². The van der Waals surface area contributed by atoms with Crippen molar-refractivity contribution in [3.05, 3.63) is 0 Å². The van der Waals surface area contributed by atoms with Crippen molar-refractivity contribution in [1.29, 1.82) is 0 Å². The van der Waals surface area contributed by atoms with Crippen LogP contribution in [-0.4, -0.2) is 69.7 Å². The van der Waals surface area contributed by atoms with E-state index in [1.165, 1.54) is 6.92 Å². The molecule has 5 atom stereocenters. The van der Waals surface area contributed by atoms with E-state index >= 15 is 0 Å². The lowest BCUT2D eigenvalue weighted by Gasteiger charge is -2.45. The molecule has 18 heavy (non-hydrogen) atoms. The summed E-state index contributed by atoms with van der Waals surface area (Å²) in [7, 11) is 0. The molecule has 0 aliphatic carbocycles. The predicted molar refractivity (Wildman–Crippen MR) is 62.8 cm³/mol. The fraction of sp³-hybridized carbons (Fsp3) is 0.917. The van der Waals surface area contributed by atoms with E-state index in [-0.39, 0.29) is 18.6 Å². The van der Waals surface area contributed by atoms with Gasteiger partial charge in [0.25, 0.3) is 0 Å². The molecule has 104 valence electrons. The van der Waals surface area contributed by atoms with Crippen molar-refractivity contribution in [3.8, 4) is 0 Å². The zero-order chi connectivity index (χ0) is 13.3. The van der Waals surface area contributed by atoms with E-state index in [1.807, 2.05) is 0 Å². The van der Waals surface area contributed by atoms with Crippen molar-refractivity contribution in [2.75, 3.05) is 13.2 Å². The number of ether oxygens (including phenoxy) is 1. The number of fused-ring (bicyclic) bond motifs is 1. The Hall–Kier alpha value is -0.690. The molecule has 6 heteroatoms. The van der Waals surface area contributed by atoms with Gasteiger partial charge in [0.05, 0.1) is 18.8 Å². The summed E-state index contributed by atoms with van der Waals surface area (Å²) < 4.78 is 5.63. The maximum Gasteiger partial charge on any atom is 0.219 e. The van der Waals surface area contributed by atoms with Gasteiger partial charge in [-0.2, -0.15) is 0 Å². The second kappa shape index (κ2) is 5.52. The minimum atomic E-state index is -1.16. The van der Waals surface area contributed by atoms with Crippen LogP contribution in [0.15, 0.2) is 0 Å². The fourth-order valence-corrected chi connectivity index (χ4v) is 2.95. The first-order valence-corrected chi connectivity index (χ1v) is 6.46. The Balaban J connectivity index is 2.23. The number of carbonyl (C=O) groups is 1. The normalized spacial score (nSPS) is 41.1. The lowest BCUT2D eigenvalue weighted by molar-refractivity contribution is -0.212. The van der Waals surface area contributed by atoms with Crippen molar-refractivity contribution in [2.45, 2.75) is 56.6 Å². The minimum Gasteiger partial charge on any atom is -0.394 e. The number of nitrogens with zero attached hydrogens (tertiary/aromatic N) is 1. The lowest BCUT2D eigenvalue weighted by atomic mass is 9.90. The van der Waals surface area contributed by atoms with E-state index in [0.29, 0.717) is 6.54 Å². The van der Waals surface area contributed by atoms with Gasteiger partial charge in [-0.1, -0.05) is 0 Å². The van der Waals surface area contributed by atoms with Crippen LogP contribution >= 0.6 is 0 Å². The summed E-state index contributed by atoms with van der Waals surface area (Å²) in [6, 6.07) is -0.511. The molecule has 2 saturated heterocycles. The second-order valence-corrected chi connectivity index (χ2v) is 5.08. The molecule has 0 radical (unpaired) electrons. The zero-order valence-corrected chi connectivity index (χ0v) is 10.5. The molecule has 0 aromatic carbocycles. The topological polar surface area (TPSA) is 90.2 Å². The molecular formula is C12H21NO5. The molecular weight excluding hydrogens is 238 g/mol. The van der Waals surface area contributed by atoms with Gasteiger partial charge < -0.3 is 25.0 Å². The molecule has 2 fully saturated rings. The highest BCUT2D eigenvalue weighted by molar-refractivity contribution is 5.73. The Bertz CT molecular complexity index is 311. The quantitative estimate of drug-likeness (QED) is 0.554. The SMILES string of the molecule is CC(=O)N1CCCC[C@H]2OC(CO)C(O)C(O)C21. The highest BCUT2D eigenvalue weighted by Gasteiger charge is 2.47. The van der Waals surface area contributed by atoms with E-state index < -0.39 is 24.4 Å². The highest BCUT2D eigenvalue weighted by atomic mass is 16.5. The van der Waals surface area contributed by atoms with Crippen LogP contribution in [0.1, 0.15) is 26.2 Å². The molecule has 4 unspecified atom stereocenters. The Morgan fingerprint density at radius 1 is 1.33 bits per heavy atom. The predicted octanol–water partition coefficient (Wildman–Crippen LogP) is -1.13. The number of rotatable bonds is 1. The minimum absolute atomic E-state index is 0.121. The first kappa shape index (κ1) is 13.7. The zero-order valence-electron chi connectivity index (χ0n) is 10.5. The van der Waals surface area contributed by atoms with Crippen LogP contribution in [0.4, 0.5) is 0 Å². The summed E-state index contributed by atoms with van der Waals surface area (Å²) in [4.78, 5) is 13.2. The van der Waals surface area contributed by atoms with E-state index in [2.05, 4.69) is 0 Å². The van der Waals surface area contributed by atoms with Gasteiger partial charge in [-0.05, 0) is 19.3 Å². The second-order valence-electron chi connectivity index (χ2n) is 5.08. The summed E-state index contributed by atoms with van der Waals surface area (Å²) >= 11 is 0. The molecule has 2 rings (SSSR count). The molecule has 0 aromatic heterocycles. The summed E-state index contributed by atoms with van der Waals surface area (Å²) in [5.74, 6) is -0.121. The van der Waals surface area contributed by atoms with Gasteiger partial charge in [0.15, 0.2) is 0 Å². The first-order chi connectivity index (χ1) is 8.56. The van der Waals surface area contributed by atoms with Crippen molar-refractivity contribution in [2.24, 2.45) is 0 Å². The average molecular weight is 259 g/mol. The number of carbonyl (C=O) groups excluding carboxylic acids is 1. The van der Waals surface area contributed by atoms with Gasteiger partial charge in [0, 0.05) is 13.5 Å². The van der Waals surface area contributed by atoms with E-state index in [9.17, 15) is 15.0 Å². The third-order valence-corrected chi connectivity index (χ3v) is 3.89. The van der Waals surface area contributed by atoms with Gasteiger partial charge in [0.1, 0.15) is 18.3 Å². The van der Waals surface area contributed by atoms with Crippen molar-refractivity contribution >= 4 is 5.91 Å². The van der Waals surface area contributed by atoms with E-state index in [0.717, 1.165) is 19.3 Å². The van der Waals surface area contributed by atoms with Crippen LogP contribution in [0.25, 0.3) is 0 Å². The summed E-state index contributed by atoms with van der Waals surface area (Å²) in [5.41, 5.74) is 0. The number of hydrogen-bond acceptors (Lipinski definition) is 5. The number of likely N-dealkylation sites (tertiary alicyclic amines) is 1. The molecule has 1 amide bonds. The standard InChI is InChI=1S/C12H21NO5/c1-7(15)13-5-3-2-4-8-10(13)12(17)11(16)9(6-14)18-8/h8-12,14,16-17H,2-6H2,1H3/t8-,9?,10?,11?,12?/m1/s1. The Kier molecular flexibility index (Phi) is 4.21. The molecule has 0 aromatic rings. The number of hydrogen-bond donors (Lipinski definition) is 3. The van der Waals surface area contributed by atoms with Gasteiger partial charge in [-0.25, -0.2) is 0 Å². The average Bonchev–Trinajstić information content (AvgIpc) is 2.55. The molecule has 6 nitrogen and oxygen atoms in total. The molecule has 2 heterocycles. The van der Waals surface area contributed by atoms with Gasteiger partial charge in [0.2, 0.25) is 5.91 Å². The largest absolute Gasteiger partial charge is 0.394 e. The van der Waals surface area contributed by atoms with E-state index in [1.54, 1.807) is 4.90 Å². The molecule has 0 saturated carbocycles. The monoisotopic (exact) mass is 259 g/mol. The van der Waals surface area contributed by atoms with Gasteiger partial charge in [-0.3, -0.25) is 4.79 Å². The third-order valence-electron chi connectivity index (χ3n) is 3.89. The van der Waals surface area contributed by atoms with Gasteiger partial charge in [-0.15, -0.1) is 0 Å². The summed E-state index contributed by atoms with van der Waals surface area (Å²) in [5, 5.41) is 29.2. The van der Waals surface area contributed by atoms with Crippen LogP contribution in [0.3, 0.4) is 0 Å². The highest BCUT2D eigenvalue weighted by Crippen LogP contribution is 2.30. The first-order valence-electron chi connectivity index (χ1n) is 6.46. The van der Waals surface area contributed by atoms with Crippen LogP contribution in [-0.2, 0) is 9.53 Å². The molecule has 0 bridgehead atoms. The fourth-order valence-electron chi connectivity index (χ4n) is 2.95. The summed E-state index contributed by atoms with van der Waals surface area (Å²) in [6.07, 6.45) is -0.803. The molecule has 2 aliphatic rings. The number of aliphatic hydroxyl groups excluding tert-OH is 3. The van der Waals surface area contributed by atoms with Crippen molar-refractivity contribution < 1.29 is 24.9 Å². The maximum atomic E-state index is 11.6. The third kappa shape index (κ3) is 2.38. The van der Waals surface area contributed by atoms with Crippen molar-refractivity contribution in [3.63, 3.8) is 0 Å². The smallest absolute Gasteiger partial charge is 0.219 e. The molecule has 3 N–H and O–H groups in total. The van der Waals surface area contributed by atoms with Crippen LogP contribution < -0.4 is 0 Å².